The Morgan fingerprint density at radius 3 is 2.00 bits per heavy atom. The standard InChI is InChI=1S/C9H17NO/c1-7(6-8(2)11)10-9(3,4)5/h6,11H,1-5H3/p-1/b8-6-,10-7?. The summed E-state index contributed by atoms with van der Waals surface area (Å²) in [6.45, 7) is 9.38. The van der Waals surface area contributed by atoms with E-state index in [9.17, 15) is 5.11 Å². The van der Waals surface area contributed by atoms with Crippen LogP contribution >= 0.6 is 0 Å². The Morgan fingerprint density at radius 1 is 1.27 bits per heavy atom. The van der Waals surface area contributed by atoms with Crippen LogP contribution in [0.4, 0.5) is 0 Å². The summed E-state index contributed by atoms with van der Waals surface area (Å²) in [5.74, 6) is 0.0514. The van der Waals surface area contributed by atoms with Gasteiger partial charge in [0.1, 0.15) is 0 Å². The van der Waals surface area contributed by atoms with Crippen molar-refractivity contribution in [2.75, 3.05) is 0 Å². The molecule has 0 N–H and O–H groups in total. The van der Waals surface area contributed by atoms with Gasteiger partial charge in [0.15, 0.2) is 0 Å². The lowest BCUT2D eigenvalue weighted by atomic mass is 10.1. The summed E-state index contributed by atoms with van der Waals surface area (Å²) in [5, 5.41) is 10.6. The van der Waals surface area contributed by atoms with E-state index in [-0.39, 0.29) is 11.3 Å². The topological polar surface area (TPSA) is 35.4 Å². The molecule has 0 aromatic carbocycles. The maximum absolute atomic E-state index is 10.6. The average molecular weight is 154 g/mol. The van der Waals surface area contributed by atoms with Crippen LogP contribution in [0.25, 0.3) is 0 Å². The van der Waals surface area contributed by atoms with Crippen molar-refractivity contribution in [3.05, 3.63) is 11.8 Å². The van der Waals surface area contributed by atoms with E-state index in [4.69, 9.17) is 0 Å². The van der Waals surface area contributed by atoms with Crippen molar-refractivity contribution >= 4 is 5.71 Å². The molecule has 0 saturated heterocycles. The Balaban J connectivity index is 4.36. The molecule has 2 heteroatoms. The minimum absolute atomic E-state index is 0.0514. The number of rotatable bonds is 1. The number of nitrogens with zero attached hydrogens (tertiary/aromatic N) is 1. The molecule has 0 fully saturated rings. The Labute approximate surface area is 68.7 Å². The van der Waals surface area contributed by atoms with Gasteiger partial charge in [-0.25, -0.2) is 0 Å². The quantitative estimate of drug-likeness (QED) is 0.416. The molecular formula is C9H16NO-. The van der Waals surface area contributed by atoms with Crippen molar-refractivity contribution in [3.63, 3.8) is 0 Å². The molecule has 0 amide bonds. The molecule has 0 aromatic heterocycles. The molecule has 0 radical (unpaired) electrons. The van der Waals surface area contributed by atoms with E-state index in [1.807, 2.05) is 27.7 Å². The van der Waals surface area contributed by atoms with Crippen LogP contribution in [0.3, 0.4) is 0 Å². The van der Waals surface area contributed by atoms with Crippen molar-refractivity contribution in [1.29, 1.82) is 0 Å². The summed E-state index contributed by atoms with van der Waals surface area (Å²) in [6.07, 6.45) is 1.55. The number of aliphatic imine (C=N–C) groups is 1. The monoisotopic (exact) mass is 154 g/mol. The first-order chi connectivity index (χ1) is 4.81. The van der Waals surface area contributed by atoms with Gasteiger partial charge >= 0.3 is 0 Å². The largest absolute Gasteiger partial charge is 0.876 e. The van der Waals surface area contributed by atoms with Gasteiger partial charge < -0.3 is 5.11 Å². The van der Waals surface area contributed by atoms with Gasteiger partial charge in [-0.2, -0.15) is 0 Å². The maximum atomic E-state index is 10.6. The van der Waals surface area contributed by atoms with Crippen molar-refractivity contribution in [1.82, 2.24) is 0 Å². The SMILES string of the molecule is CC(/C=C(/C)[O-])=NC(C)(C)C. The van der Waals surface area contributed by atoms with Gasteiger partial charge in [-0.1, -0.05) is 13.0 Å². The molecule has 11 heavy (non-hydrogen) atoms. The van der Waals surface area contributed by atoms with Gasteiger partial charge in [0.2, 0.25) is 0 Å². The normalized spacial score (nSPS) is 15.4. The van der Waals surface area contributed by atoms with Crippen molar-refractivity contribution < 1.29 is 5.11 Å². The van der Waals surface area contributed by atoms with Crippen LogP contribution in [0, 0.1) is 0 Å². The molecule has 0 aliphatic rings. The Morgan fingerprint density at radius 2 is 1.73 bits per heavy atom. The Hall–Kier alpha value is -0.790. The molecule has 0 rings (SSSR count). The highest BCUT2D eigenvalue weighted by atomic mass is 16.3. The maximum Gasteiger partial charge on any atom is 0.0527 e. The molecular weight excluding hydrogens is 138 g/mol. The first-order valence-electron chi connectivity index (χ1n) is 3.73. The minimum Gasteiger partial charge on any atom is -0.876 e. The zero-order valence-corrected chi connectivity index (χ0v) is 7.93. The molecule has 0 atom stereocenters. The van der Waals surface area contributed by atoms with E-state index in [0.717, 1.165) is 5.71 Å². The lowest BCUT2D eigenvalue weighted by Gasteiger charge is -2.13. The molecule has 0 aromatic rings. The second-order valence-corrected chi connectivity index (χ2v) is 3.68. The zero-order chi connectivity index (χ0) is 9.07. The summed E-state index contributed by atoms with van der Waals surface area (Å²) in [5.41, 5.74) is 0.709. The van der Waals surface area contributed by atoms with E-state index in [0.29, 0.717) is 0 Å². The fraction of sp³-hybridized carbons (Fsp3) is 0.667. The fourth-order valence-electron chi connectivity index (χ4n) is 0.855. The van der Waals surface area contributed by atoms with Gasteiger partial charge in [0.05, 0.1) is 5.54 Å². The van der Waals surface area contributed by atoms with Crippen molar-refractivity contribution in [3.8, 4) is 0 Å². The molecule has 0 saturated carbocycles. The highest BCUT2D eigenvalue weighted by Gasteiger charge is 2.05. The van der Waals surface area contributed by atoms with E-state index in [2.05, 4.69) is 4.99 Å². The second-order valence-electron chi connectivity index (χ2n) is 3.68. The molecule has 0 heterocycles. The summed E-state index contributed by atoms with van der Waals surface area (Å²) in [6, 6.07) is 0. The predicted molar refractivity (Wildman–Crippen MR) is 46.6 cm³/mol. The number of allylic oxidation sites excluding steroid dienone is 2. The molecule has 64 valence electrons. The number of hydrogen-bond donors (Lipinski definition) is 0. The van der Waals surface area contributed by atoms with Crippen LogP contribution in [0.2, 0.25) is 0 Å². The van der Waals surface area contributed by atoms with Gasteiger partial charge in [0.25, 0.3) is 0 Å². The van der Waals surface area contributed by atoms with Crippen molar-refractivity contribution in [2.45, 2.75) is 40.2 Å². The first kappa shape index (κ1) is 10.2. The van der Waals surface area contributed by atoms with Gasteiger partial charge in [-0.15, -0.1) is 5.76 Å². The van der Waals surface area contributed by atoms with Crippen LogP contribution in [0.5, 0.6) is 0 Å². The van der Waals surface area contributed by atoms with E-state index < -0.39 is 0 Å². The highest BCUT2D eigenvalue weighted by molar-refractivity contribution is 5.93. The lowest BCUT2D eigenvalue weighted by molar-refractivity contribution is -0.301. The number of hydrogen-bond acceptors (Lipinski definition) is 2. The second kappa shape index (κ2) is 3.56. The first-order valence-corrected chi connectivity index (χ1v) is 3.73. The molecule has 0 unspecified atom stereocenters. The molecule has 0 bridgehead atoms. The van der Waals surface area contributed by atoms with Gasteiger partial charge in [-0.3, -0.25) is 4.99 Å². The van der Waals surface area contributed by atoms with Crippen LogP contribution in [0.15, 0.2) is 16.8 Å². The van der Waals surface area contributed by atoms with Crippen LogP contribution < -0.4 is 5.11 Å². The smallest absolute Gasteiger partial charge is 0.0527 e. The highest BCUT2D eigenvalue weighted by Crippen LogP contribution is 2.06. The molecule has 0 spiro atoms. The van der Waals surface area contributed by atoms with Crippen LogP contribution in [0.1, 0.15) is 34.6 Å². The predicted octanol–water partition coefficient (Wildman–Crippen LogP) is 1.51. The zero-order valence-electron chi connectivity index (χ0n) is 7.93. The third-order valence-corrected chi connectivity index (χ3v) is 0.924. The summed E-state index contributed by atoms with van der Waals surface area (Å²) in [7, 11) is 0. The Kier molecular flexibility index (Phi) is 3.30. The summed E-state index contributed by atoms with van der Waals surface area (Å²) in [4.78, 5) is 4.29. The molecule has 0 aliphatic heterocycles. The van der Waals surface area contributed by atoms with Gasteiger partial charge in [0, 0.05) is 5.71 Å². The van der Waals surface area contributed by atoms with E-state index in [1.165, 1.54) is 6.92 Å². The van der Waals surface area contributed by atoms with E-state index >= 15 is 0 Å². The minimum atomic E-state index is -0.0873. The average Bonchev–Trinajstić information content (AvgIpc) is 1.53. The third kappa shape index (κ3) is 7.10. The van der Waals surface area contributed by atoms with Crippen LogP contribution in [-0.2, 0) is 0 Å². The summed E-state index contributed by atoms with van der Waals surface area (Å²) < 4.78 is 0. The Bertz CT molecular complexity index is 180. The lowest BCUT2D eigenvalue weighted by Crippen LogP contribution is -2.12. The molecule has 0 aliphatic carbocycles. The van der Waals surface area contributed by atoms with E-state index in [1.54, 1.807) is 6.08 Å². The van der Waals surface area contributed by atoms with Crippen LogP contribution in [-0.4, -0.2) is 11.3 Å². The summed E-state index contributed by atoms with van der Waals surface area (Å²) >= 11 is 0. The third-order valence-electron chi connectivity index (χ3n) is 0.924. The van der Waals surface area contributed by atoms with Crippen molar-refractivity contribution in [2.24, 2.45) is 4.99 Å². The fourth-order valence-corrected chi connectivity index (χ4v) is 0.855. The van der Waals surface area contributed by atoms with Gasteiger partial charge in [-0.05, 0) is 27.7 Å². The molecule has 2 nitrogen and oxygen atoms in total.